The highest BCUT2D eigenvalue weighted by molar-refractivity contribution is 5.89. The highest BCUT2D eigenvalue weighted by atomic mass is 16.6. The van der Waals surface area contributed by atoms with Crippen LogP contribution in [0.4, 0.5) is 0 Å². The van der Waals surface area contributed by atoms with Crippen LogP contribution in [-0.2, 0) is 9.47 Å². The smallest absolute Gasteiger partial charge is 0.338 e. The number of carbonyl (C=O) groups excluding carboxylic acids is 1. The summed E-state index contributed by atoms with van der Waals surface area (Å²) in [6.45, 7) is 0. The first-order valence-corrected chi connectivity index (χ1v) is 7.36. The molecule has 2 aliphatic carbocycles. The second-order valence-corrected chi connectivity index (χ2v) is 6.07. The van der Waals surface area contributed by atoms with E-state index < -0.39 is 0 Å². The van der Waals surface area contributed by atoms with Crippen LogP contribution >= 0.6 is 0 Å². The monoisotopic (exact) mass is 273 g/mol. The molecule has 0 radical (unpaired) electrons. The lowest BCUT2D eigenvalue weighted by Crippen LogP contribution is -2.46. The molecule has 0 aromatic heterocycles. The lowest BCUT2D eigenvalue weighted by atomic mass is 9.81. The van der Waals surface area contributed by atoms with Crippen LogP contribution < -0.4 is 5.32 Å². The fraction of sp³-hybridized carbons (Fsp3) is 0.562. The van der Waals surface area contributed by atoms with Crippen molar-refractivity contribution < 1.29 is 14.3 Å². The summed E-state index contributed by atoms with van der Waals surface area (Å²) in [5.74, 6) is 0.794. The second kappa shape index (κ2) is 4.57. The molecule has 4 unspecified atom stereocenters. The molecule has 0 amide bonds. The third-order valence-electron chi connectivity index (χ3n) is 5.01. The SMILES string of the molecule is CNC1C2CC(OC(=O)c3ccccc3)CC1C1OC21. The van der Waals surface area contributed by atoms with Gasteiger partial charge in [-0.25, -0.2) is 4.79 Å². The molecule has 4 heteroatoms. The fourth-order valence-corrected chi connectivity index (χ4v) is 4.13. The van der Waals surface area contributed by atoms with Gasteiger partial charge in [-0.1, -0.05) is 18.2 Å². The van der Waals surface area contributed by atoms with Gasteiger partial charge in [-0.05, 0) is 32.0 Å². The van der Waals surface area contributed by atoms with E-state index in [2.05, 4.69) is 5.32 Å². The van der Waals surface area contributed by atoms with Crippen molar-refractivity contribution in [1.29, 1.82) is 0 Å². The largest absolute Gasteiger partial charge is 0.459 e. The minimum Gasteiger partial charge on any atom is -0.459 e. The number of rotatable bonds is 3. The number of fused-ring (bicyclic) bond motifs is 5. The van der Waals surface area contributed by atoms with Gasteiger partial charge in [0.05, 0.1) is 17.8 Å². The third-order valence-corrected chi connectivity index (χ3v) is 5.01. The van der Waals surface area contributed by atoms with E-state index in [1.807, 2.05) is 25.2 Å². The summed E-state index contributed by atoms with van der Waals surface area (Å²) in [6.07, 6.45) is 2.68. The second-order valence-electron chi connectivity index (χ2n) is 6.07. The molecule has 3 fully saturated rings. The Morgan fingerprint density at radius 3 is 2.45 bits per heavy atom. The van der Waals surface area contributed by atoms with Crippen molar-refractivity contribution in [3.05, 3.63) is 35.9 Å². The summed E-state index contributed by atoms with van der Waals surface area (Å²) in [5.41, 5.74) is 0.636. The molecule has 4 atom stereocenters. The molecular formula is C16H19NO3. The number of carbonyl (C=O) groups is 1. The van der Waals surface area contributed by atoms with Gasteiger partial charge in [-0.3, -0.25) is 0 Å². The van der Waals surface area contributed by atoms with Crippen LogP contribution in [0.3, 0.4) is 0 Å². The van der Waals surface area contributed by atoms with Crippen LogP contribution in [0.1, 0.15) is 23.2 Å². The summed E-state index contributed by atoms with van der Waals surface area (Å²) in [7, 11) is 2.02. The number of benzene rings is 1. The number of nitrogens with one attached hydrogen (secondary N) is 1. The van der Waals surface area contributed by atoms with E-state index in [4.69, 9.17) is 9.47 Å². The van der Waals surface area contributed by atoms with Crippen molar-refractivity contribution in [1.82, 2.24) is 5.32 Å². The van der Waals surface area contributed by atoms with Gasteiger partial charge in [0, 0.05) is 17.9 Å². The normalized spacial score (nSPS) is 41.0. The maximum absolute atomic E-state index is 12.1. The minimum absolute atomic E-state index is 0.0405. The minimum atomic E-state index is -0.201. The van der Waals surface area contributed by atoms with Crippen LogP contribution in [-0.4, -0.2) is 37.4 Å². The topological polar surface area (TPSA) is 50.9 Å². The summed E-state index contributed by atoms with van der Waals surface area (Å²) < 4.78 is 11.4. The molecule has 4 rings (SSSR count). The molecule has 1 aromatic rings. The van der Waals surface area contributed by atoms with E-state index in [-0.39, 0.29) is 12.1 Å². The van der Waals surface area contributed by atoms with Crippen molar-refractivity contribution in [2.45, 2.75) is 37.2 Å². The van der Waals surface area contributed by atoms with E-state index >= 15 is 0 Å². The number of epoxide rings is 1. The molecule has 2 bridgehead atoms. The van der Waals surface area contributed by atoms with Crippen molar-refractivity contribution in [2.24, 2.45) is 11.8 Å². The molecule has 2 saturated carbocycles. The molecular weight excluding hydrogens is 254 g/mol. The predicted molar refractivity (Wildman–Crippen MR) is 73.4 cm³/mol. The van der Waals surface area contributed by atoms with Crippen LogP contribution in [0, 0.1) is 11.8 Å². The highest BCUT2D eigenvalue weighted by Crippen LogP contribution is 2.54. The van der Waals surface area contributed by atoms with Gasteiger partial charge < -0.3 is 14.8 Å². The standard InChI is InChI=1S/C16H19NO3/c1-17-13-11-7-10(8-12(13)15-14(11)20-15)19-16(18)9-5-3-2-4-6-9/h2-6,10-15,17H,7-8H2,1H3. The lowest BCUT2D eigenvalue weighted by molar-refractivity contribution is -0.00909. The quantitative estimate of drug-likeness (QED) is 0.671. The summed E-state index contributed by atoms with van der Waals surface area (Å²) >= 11 is 0. The van der Waals surface area contributed by atoms with E-state index in [9.17, 15) is 4.79 Å². The van der Waals surface area contributed by atoms with Gasteiger partial charge in [0.2, 0.25) is 0 Å². The van der Waals surface area contributed by atoms with E-state index in [0.717, 1.165) is 12.8 Å². The summed E-state index contributed by atoms with van der Waals surface area (Å²) in [5, 5.41) is 3.41. The Balaban J connectivity index is 1.44. The van der Waals surface area contributed by atoms with Crippen molar-refractivity contribution >= 4 is 5.97 Å². The lowest BCUT2D eigenvalue weighted by Gasteiger charge is -2.36. The van der Waals surface area contributed by atoms with Crippen LogP contribution in [0.5, 0.6) is 0 Å². The van der Waals surface area contributed by atoms with Gasteiger partial charge in [0.25, 0.3) is 0 Å². The Bertz CT molecular complexity index is 500. The summed E-state index contributed by atoms with van der Waals surface area (Å²) in [4.78, 5) is 12.1. The number of ether oxygens (including phenoxy) is 2. The maximum atomic E-state index is 12.1. The van der Waals surface area contributed by atoms with Gasteiger partial charge in [0.1, 0.15) is 6.10 Å². The Hall–Kier alpha value is -1.39. The zero-order valence-corrected chi connectivity index (χ0v) is 11.5. The van der Waals surface area contributed by atoms with Crippen LogP contribution in [0.25, 0.3) is 0 Å². The third kappa shape index (κ3) is 1.86. The summed E-state index contributed by atoms with van der Waals surface area (Å²) in [6, 6.07) is 9.76. The molecule has 1 aromatic carbocycles. The average molecular weight is 273 g/mol. The average Bonchev–Trinajstić information content (AvgIpc) is 3.24. The van der Waals surface area contributed by atoms with Crippen LogP contribution in [0.15, 0.2) is 30.3 Å². The molecule has 0 spiro atoms. The first-order chi connectivity index (χ1) is 9.78. The number of esters is 1. The Morgan fingerprint density at radius 2 is 1.85 bits per heavy atom. The highest BCUT2D eigenvalue weighted by Gasteiger charge is 2.64. The zero-order chi connectivity index (χ0) is 13.7. The Labute approximate surface area is 118 Å². The first kappa shape index (κ1) is 12.4. The number of hydrogen-bond donors (Lipinski definition) is 1. The molecule has 3 aliphatic rings. The first-order valence-electron chi connectivity index (χ1n) is 7.36. The molecule has 20 heavy (non-hydrogen) atoms. The van der Waals surface area contributed by atoms with Gasteiger partial charge in [-0.2, -0.15) is 0 Å². The van der Waals surface area contributed by atoms with Crippen molar-refractivity contribution in [2.75, 3.05) is 7.05 Å². The Kier molecular flexibility index (Phi) is 2.82. The van der Waals surface area contributed by atoms with E-state index in [0.29, 0.717) is 35.6 Å². The molecule has 106 valence electrons. The molecule has 1 heterocycles. The zero-order valence-electron chi connectivity index (χ0n) is 11.5. The fourth-order valence-electron chi connectivity index (χ4n) is 4.13. The van der Waals surface area contributed by atoms with Crippen LogP contribution in [0.2, 0.25) is 0 Å². The van der Waals surface area contributed by atoms with Crippen molar-refractivity contribution in [3.63, 3.8) is 0 Å². The molecule has 1 aliphatic heterocycles. The number of hydrogen-bond acceptors (Lipinski definition) is 4. The predicted octanol–water partition coefficient (Wildman–Crippen LogP) is 1.61. The van der Waals surface area contributed by atoms with Gasteiger partial charge in [0.15, 0.2) is 0 Å². The Morgan fingerprint density at radius 1 is 1.20 bits per heavy atom. The van der Waals surface area contributed by atoms with E-state index in [1.165, 1.54) is 0 Å². The maximum Gasteiger partial charge on any atom is 0.338 e. The van der Waals surface area contributed by atoms with Gasteiger partial charge >= 0.3 is 5.97 Å². The molecule has 1 N–H and O–H groups in total. The van der Waals surface area contributed by atoms with Crippen molar-refractivity contribution in [3.8, 4) is 0 Å². The van der Waals surface area contributed by atoms with E-state index in [1.54, 1.807) is 12.1 Å². The van der Waals surface area contributed by atoms with Gasteiger partial charge in [-0.15, -0.1) is 0 Å². The molecule has 1 saturated heterocycles. The molecule has 4 nitrogen and oxygen atoms in total.